The van der Waals surface area contributed by atoms with E-state index in [9.17, 15) is 0 Å². The van der Waals surface area contributed by atoms with Crippen LogP contribution in [0.4, 0.5) is 0 Å². The minimum Gasteiger partial charge on any atom is -0.226 e. The van der Waals surface area contributed by atoms with Crippen molar-refractivity contribution in [3.63, 3.8) is 0 Å². The Bertz CT molecular complexity index is 981. The lowest BCUT2D eigenvalue weighted by Crippen LogP contribution is -1.83. The van der Waals surface area contributed by atoms with Gasteiger partial charge in [-0.1, -0.05) is 60.7 Å². The van der Waals surface area contributed by atoms with Gasteiger partial charge in [0.25, 0.3) is 0 Å². The summed E-state index contributed by atoms with van der Waals surface area (Å²) in [5.74, 6) is 1.47. The second kappa shape index (κ2) is 6.01. The second-order valence-electron chi connectivity index (χ2n) is 6.03. The molecule has 5 rings (SSSR count). The summed E-state index contributed by atoms with van der Waals surface area (Å²) in [5, 5.41) is 0. The standard InChI is InChI=1S/C22H14N4/c1-3-7-17-18(8-4-1)24-21(23-17)15-11-13-16(14-12-15)22-25-19-9-5-2-6-10-20(19)26-22/h1-14H. The van der Waals surface area contributed by atoms with Crippen LogP contribution < -0.4 is 0 Å². The number of imidazole rings is 2. The quantitative estimate of drug-likeness (QED) is 0.465. The molecule has 26 heavy (non-hydrogen) atoms. The molecule has 0 N–H and O–H groups in total. The van der Waals surface area contributed by atoms with Crippen molar-refractivity contribution in [2.45, 2.75) is 0 Å². The molecule has 122 valence electrons. The van der Waals surface area contributed by atoms with E-state index < -0.39 is 0 Å². The largest absolute Gasteiger partial charge is 0.226 e. The Morgan fingerprint density at radius 1 is 0.346 bits per heavy atom. The molecule has 4 heteroatoms. The van der Waals surface area contributed by atoms with Crippen molar-refractivity contribution >= 4 is 0 Å². The first-order valence-corrected chi connectivity index (χ1v) is 8.43. The van der Waals surface area contributed by atoms with Gasteiger partial charge < -0.3 is 0 Å². The first-order valence-electron chi connectivity index (χ1n) is 8.43. The Labute approximate surface area is 150 Å². The third-order valence-corrected chi connectivity index (χ3v) is 4.29. The van der Waals surface area contributed by atoms with Gasteiger partial charge in [0.1, 0.15) is 0 Å². The Kier molecular flexibility index (Phi) is 3.39. The number of hydrogen-bond acceptors (Lipinski definition) is 4. The maximum absolute atomic E-state index is 4.62. The van der Waals surface area contributed by atoms with Crippen molar-refractivity contribution < 1.29 is 0 Å². The van der Waals surface area contributed by atoms with Crippen LogP contribution in [0, 0.1) is 0 Å². The molecule has 0 saturated carbocycles. The summed E-state index contributed by atoms with van der Waals surface area (Å²) < 4.78 is 0. The van der Waals surface area contributed by atoms with Crippen LogP contribution in [0.1, 0.15) is 0 Å². The van der Waals surface area contributed by atoms with Crippen molar-refractivity contribution in [2.75, 3.05) is 0 Å². The summed E-state index contributed by atoms with van der Waals surface area (Å²) in [6, 6.07) is 27.8. The Hall–Kier alpha value is -3.66. The van der Waals surface area contributed by atoms with Crippen molar-refractivity contribution in [2.24, 2.45) is 0 Å². The molecule has 0 spiro atoms. The Morgan fingerprint density at radius 3 is 0.962 bits per heavy atom. The highest BCUT2D eigenvalue weighted by molar-refractivity contribution is 5.70. The van der Waals surface area contributed by atoms with E-state index in [0.29, 0.717) is 0 Å². The molecule has 4 aliphatic rings. The number of aromatic nitrogens is 4. The highest BCUT2D eigenvalue weighted by Gasteiger charge is 2.13. The molecule has 0 bridgehead atoms. The fraction of sp³-hybridized carbons (Fsp3) is 0. The Balaban J connectivity index is 1.52. The number of fused-ring (bicyclic) bond motifs is 2. The zero-order valence-electron chi connectivity index (χ0n) is 13.9. The van der Waals surface area contributed by atoms with Crippen LogP contribution in [0.15, 0.2) is 84.9 Å². The third-order valence-electron chi connectivity index (χ3n) is 4.29. The first kappa shape index (κ1) is 14.7. The molecule has 0 aromatic heterocycles. The fourth-order valence-electron chi connectivity index (χ4n) is 2.97. The lowest BCUT2D eigenvalue weighted by molar-refractivity contribution is 1.31. The predicted molar refractivity (Wildman–Crippen MR) is 102 cm³/mol. The van der Waals surface area contributed by atoms with Crippen LogP contribution in [-0.4, -0.2) is 19.9 Å². The van der Waals surface area contributed by atoms with Gasteiger partial charge in [0.2, 0.25) is 0 Å². The van der Waals surface area contributed by atoms with Gasteiger partial charge in [0.15, 0.2) is 11.6 Å². The van der Waals surface area contributed by atoms with Crippen molar-refractivity contribution in [1.29, 1.82) is 0 Å². The molecule has 2 aliphatic carbocycles. The monoisotopic (exact) mass is 334 g/mol. The fourth-order valence-corrected chi connectivity index (χ4v) is 2.97. The van der Waals surface area contributed by atoms with Gasteiger partial charge in [0, 0.05) is 11.1 Å². The zero-order chi connectivity index (χ0) is 17.3. The van der Waals surface area contributed by atoms with Crippen molar-refractivity contribution in [3.8, 4) is 45.6 Å². The summed E-state index contributed by atoms with van der Waals surface area (Å²) in [6.45, 7) is 0. The summed E-state index contributed by atoms with van der Waals surface area (Å²) >= 11 is 0. The van der Waals surface area contributed by atoms with Crippen LogP contribution in [0.3, 0.4) is 0 Å². The molecule has 0 amide bonds. The van der Waals surface area contributed by atoms with Crippen LogP contribution in [-0.2, 0) is 0 Å². The molecule has 0 saturated heterocycles. The van der Waals surface area contributed by atoms with E-state index in [2.05, 4.69) is 19.9 Å². The number of rotatable bonds is 2. The summed E-state index contributed by atoms with van der Waals surface area (Å²) in [4.78, 5) is 18.5. The average Bonchev–Trinajstić information content (AvgIpc) is 3.11. The van der Waals surface area contributed by atoms with E-state index in [1.165, 1.54) is 0 Å². The highest BCUT2D eigenvalue weighted by atomic mass is 15.0. The van der Waals surface area contributed by atoms with E-state index in [0.717, 1.165) is 45.6 Å². The molecule has 2 aliphatic heterocycles. The smallest absolute Gasteiger partial charge is 0.160 e. The lowest BCUT2D eigenvalue weighted by Gasteiger charge is -1.98. The van der Waals surface area contributed by atoms with Gasteiger partial charge in [-0.25, -0.2) is 19.9 Å². The molecule has 0 fully saturated rings. The van der Waals surface area contributed by atoms with Crippen LogP contribution >= 0.6 is 0 Å². The van der Waals surface area contributed by atoms with E-state index in [4.69, 9.17) is 0 Å². The molecule has 1 aromatic carbocycles. The summed E-state index contributed by atoms with van der Waals surface area (Å²) in [6.07, 6.45) is 0. The third kappa shape index (κ3) is 2.58. The van der Waals surface area contributed by atoms with E-state index in [1.54, 1.807) is 0 Å². The predicted octanol–water partition coefficient (Wildman–Crippen LogP) is 4.81. The maximum atomic E-state index is 4.62. The average molecular weight is 334 g/mol. The molecule has 0 radical (unpaired) electrons. The minimum absolute atomic E-state index is 0.735. The van der Waals surface area contributed by atoms with Crippen LogP contribution in [0.2, 0.25) is 0 Å². The molecule has 0 unspecified atom stereocenters. The van der Waals surface area contributed by atoms with Gasteiger partial charge in [-0.3, -0.25) is 0 Å². The minimum atomic E-state index is 0.735. The number of nitrogens with zero attached hydrogens (tertiary/aromatic N) is 4. The van der Waals surface area contributed by atoms with E-state index in [1.807, 2.05) is 84.9 Å². The molecule has 0 atom stereocenters. The molecule has 4 nitrogen and oxygen atoms in total. The highest BCUT2D eigenvalue weighted by Crippen LogP contribution is 2.28. The van der Waals surface area contributed by atoms with E-state index >= 15 is 0 Å². The van der Waals surface area contributed by atoms with Crippen LogP contribution in [0.25, 0.3) is 45.6 Å². The molecular weight excluding hydrogens is 320 g/mol. The SMILES string of the molecule is c1ccc2nc(-c3ccc(-c4nc5cccccc-5n4)cc3)nc-2cc1. The van der Waals surface area contributed by atoms with Crippen molar-refractivity contribution in [3.05, 3.63) is 84.9 Å². The van der Waals surface area contributed by atoms with Gasteiger partial charge >= 0.3 is 0 Å². The van der Waals surface area contributed by atoms with Crippen molar-refractivity contribution in [1.82, 2.24) is 19.9 Å². The van der Waals surface area contributed by atoms with Gasteiger partial charge in [-0.05, 0) is 24.3 Å². The molecular formula is C22H14N4. The first-order chi connectivity index (χ1) is 12.9. The second-order valence-corrected chi connectivity index (χ2v) is 6.03. The van der Waals surface area contributed by atoms with E-state index in [-0.39, 0.29) is 0 Å². The zero-order valence-corrected chi connectivity index (χ0v) is 13.9. The summed E-state index contributed by atoms with van der Waals surface area (Å²) in [7, 11) is 0. The number of benzene rings is 1. The molecule has 2 heterocycles. The van der Waals surface area contributed by atoms with Gasteiger partial charge in [-0.2, -0.15) is 0 Å². The van der Waals surface area contributed by atoms with Gasteiger partial charge in [-0.15, -0.1) is 0 Å². The topological polar surface area (TPSA) is 51.6 Å². The Morgan fingerprint density at radius 2 is 0.654 bits per heavy atom. The van der Waals surface area contributed by atoms with Crippen LogP contribution in [0.5, 0.6) is 0 Å². The number of hydrogen-bond donors (Lipinski definition) is 0. The van der Waals surface area contributed by atoms with Gasteiger partial charge in [0.05, 0.1) is 22.8 Å². The molecule has 1 aromatic rings. The summed E-state index contributed by atoms with van der Waals surface area (Å²) in [5.41, 5.74) is 5.55. The normalized spacial score (nSPS) is 11.1. The maximum Gasteiger partial charge on any atom is 0.160 e. The lowest BCUT2D eigenvalue weighted by atomic mass is 10.1.